The van der Waals surface area contributed by atoms with Crippen molar-refractivity contribution in [3.63, 3.8) is 0 Å². The number of piperidine rings is 2. The van der Waals surface area contributed by atoms with Crippen LogP contribution in [0.5, 0.6) is 0 Å². The van der Waals surface area contributed by atoms with E-state index in [0.29, 0.717) is 11.1 Å². The molecule has 0 aromatic rings. The van der Waals surface area contributed by atoms with Gasteiger partial charge in [-0.1, -0.05) is 24.3 Å². The van der Waals surface area contributed by atoms with Gasteiger partial charge in [-0.2, -0.15) is 0 Å². The Morgan fingerprint density at radius 2 is 0.878 bits per heavy atom. The summed E-state index contributed by atoms with van der Waals surface area (Å²) in [4.78, 5) is 23.3. The van der Waals surface area contributed by atoms with Crippen LogP contribution in [-0.2, 0) is 26.1 Å². The van der Waals surface area contributed by atoms with Gasteiger partial charge < -0.3 is 31.2 Å². The quantitative estimate of drug-likeness (QED) is 0.325. The van der Waals surface area contributed by atoms with Gasteiger partial charge in [-0.15, -0.1) is 0 Å². The fourth-order valence-electron chi connectivity index (χ4n) is 6.38. The molecule has 0 radical (unpaired) electrons. The zero-order valence-electron chi connectivity index (χ0n) is 25.6. The van der Waals surface area contributed by atoms with Crippen molar-refractivity contribution in [2.24, 2.45) is 0 Å². The van der Waals surface area contributed by atoms with Crippen LogP contribution in [-0.4, -0.2) is 55.9 Å². The number of rotatable bonds is 4. The number of carbonyl (C=O) groups excluding carboxylic acids is 2. The summed E-state index contributed by atoms with van der Waals surface area (Å²) >= 11 is 0. The molecule has 0 aromatic heterocycles. The van der Waals surface area contributed by atoms with E-state index in [9.17, 15) is 20.0 Å². The second-order valence-electron chi connectivity index (χ2n) is 13.7. The molecule has 2 N–H and O–H groups in total. The number of nitrogens with zero attached hydrogens (tertiary/aromatic N) is 2. The summed E-state index contributed by atoms with van der Waals surface area (Å²) in [6, 6.07) is 0.398. The number of ketones is 2. The Labute approximate surface area is 255 Å². The van der Waals surface area contributed by atoms with Crippen LogP contribution in [0.1, 0.15) is 81.1 Å². The van der Waals surface area contributed by atoms with Gasteiger partial charge in [0.05, 0.1) is 0 Å². The van der Waals surface area contributed by atoms with Gasteiger partial charge in [0.1, 0.15) is 0 Å². The van der Waals surface area contributed by atoms with Crippen molar-refractivity contribution in [2.75, 3.05) is 0 Å². The molecule has 2 saturated heterocycles. The van der Waals surface area contributed by atoms with Crippen molar-refractivity contribution < 1.29 is 26.1 Å². The first kappa shape index (κ1) is 34.9. The van der Waals surface area contributed by atoms with E-state index in [1.165, 1.54) is 10.1 Å². The number of hydrogen-bond acceptors (Lipinski definition) is 8. The van der Waals surface area contributed by atoms with Gasteiger partial charge in [0.15, 0.2) is 11.6 Å². The molecule has 0 unspecified atom stereocenters. The molecule has 4 rings (SSSR count). The SMILES string of the molecule is CC1(C)CC(NC=C2C=CC=CC2=O)CC(C)(C)N1[O-].CC1(C)CC(NC=C2C=CC=CC2=O)CC(C)(C)N1[O-].[Ni]. The fourth-order valence-corrected chi connectivity index (χ4v) is 6.38. The predicted octanol–water partition coefficient (Wildman–Crippen LogP) is 5.35. The molecular formula is C32H46N4NiO4-2. The molecule has 8 nitrogen and oxygen atoms in total. The van der Waals surface area contributed by atoms with Crippen LogP contribution in [0.4, 0.5) is 0 Å². The first-order valence-corrected chi connectivity index (χ1v) is 14.1. The molecule has 2 aliphatic heterocycles. The average Bonchev–Trinajstić information content (AvgIpc) is 2.85. The standard InChI is InChI=1S/2C16H23N2O2.Ni/c2*1-15(2)9-13(10-16(3,4)18(15)20)17-11-12-7-5-6-8-14(12)19;/h2*5-8,11,13,17H,9-10H2,1-4H3;/q2*-1;. The van der Waals surface area contributed by atoms with E-state index in [1.54, 1.807) is 48.9 Å². The number of hydrogen-bond donors (Lipinski definition) is 2. The first-order valence-electron chi connectivity index (χ1n) is 14.1. The summed E-state index contributed by atoms with van der Waals surface area (Å²) in [5.41, 5.74) is -0.275. The van der Waals surface area contributed by atoms with Crippen molar-refractivity contribution in [3.05, 3.63) is 82.6 Å². The first-order chi connectivity index (χ1) is 18.4. The number of hydroxylamine groups is 4. The van der Waals surface area contributed by atoms with Crippen molar-refractivity contribution in [1.29, 1.82) is 0 Å². The van der Waals surface area contributed by atoms with E-state index in [0.717, 1.165) is 25.7 Å². The van der Waals surface area contributed by atoms with E-state index in [2.05, 4.69) is 10.6 Å². The van der Waals surface area contributed by atoms with Crippen LogP contribution < -0.4 is 10.6 Å². The molecule has 2 heterocycles. The molecule has 9 heteroatoms. The maximum Gasteiger partial charge on any atom is 0.187 e. The molecule has 230 valence electrons. The molecule has 0 aromatic carbocycles. The van der Waals surface area contributed by atoms with E-state index in [-0.39, 0.29) is 40.1 Å². The minimum Gasteiger partial charge on any atom is -0.784 e. The zero-order valence-corrected chi connectivity index (χ0v) is 26.6. The van der Waals surface area contributed by atoms with Crippen LogP contribution in [0.2, 0.25) is 0 Å². The fraction of sp³-hybridized carbons (Fsp3) is 0.562. The third-order valence-corrected chi connectivity index (χ3v) is 7.97. The van der Waals surface area contributed by atoms with Crippen molar-refractivity contribution >= 4 is 11.6 Å². The topological polar surface area (TPSA) is 111 Å². The average molecular weight is 609 g/mol. The van der Waals surface area contributed by atoms with Gasteiger partial charge in [-0.05, 0) is 105 Å². The third kappa shape index (κ3) is 8.85. The maximum absolute atomic E-state index is 12.3. The Balaban J connectivity index is 0.000000280. The minimum absolute atomic E-state index is 0. The van der Waals surface area contributed by atoms with Crippen molar-refractivity contribution in [2.45, 2.75) is 115 Å². The van der Waals surface area contributed by atoms with E-state index >= 15 is 0 Å². The molecule has 2 aliphatic carbocycles. The minimum atomic E-state index is -0.399. The van der Waals surface area contributed by atoms with Crippen LogP contribution in [0.15, 0.2) is 72.2 Å². The molecule has 0 atom stereocenters. The molecule has 0 spiro atoms. The number of carbonyl (C=O) groups is 2. The maximum atomic E-state index is 12.3. The second kappa shape index (κ2) is 13.3. The summed E-state index contributed by atoms with van der Waals surface area (Å²) < 4.78 is 0. The van der Waals surface area contributed by atoms with Crippen LogP contribution in [0.25, 0.3) is 0 Å². The van der Waals surface area contributed by atoms with Crippen LogP contribution in [0.3, 0.4) is 0 Å². The Hall–Kier alpha value is -2.29. The van der Waals surface area contributed by atoms with Gasteiger partial charge in [-0.3, -0.25) is 9.59 Å². The number of nitrogens with one attached hydrogen (secondary N) is 2. The number of allylic oxidation sites excluding steroid dienone is 10. The summed E-state index contributed by atoms with van der Waals surface area (Å²) in [5.74, 6) is 0.0274. The summed E-state index contributed by atoms with van der Waals surface area (Å²) in [5, 5.41) is 33.6. The van der Waals surface area contributed by atoms with Gasteiger partial charge >= 0.3 is 0 Å². The Morgan fingerprint density at radius 1 is 0.610 bits per heavy atom. The summed E-state index contributed by atoms with van der Waals surface area (Å²) in [6.07, 6.45) is 20.5. The Bertz CT molecular complexity index is 1030. The normalized spacial score (nSPS) is 27.4. The van der Waals surface area contributed by atoms with E-state index < -0.39 is 22.2 Å². The van der Waals surface area contributed by atoms with Crippen LogP contribution >= 0.6 is 0 Å². The predicted molar refractivity (Wildman–Crippen MR) is 162 cm³/mol. The molecular weight excluding hydrogens is 563 g/mol. The third-order valence-electron chi connectivity index (χ3n) is 7.97. The Morgan fingerprint density at radius 3 is 1.15 bits per heavy atom. The summed E-state index contributed by atoms with van der Waals surface area (Å²) in [7, 11) is 0. The van der Waals surface area contributed by atoms with Gasteiger partial charge in [0.25, 0.3) is 0 Å². The van der Waals surface area contributed by atoms with Crippen LogP contribution in [0, 0.1) is 10.4 Å². The van der Waals surface area contributed by atoms with Crippen molar-refractivity contribution in [3.8, 4) is 0 Å². The molecule has 0 saturated carbocycles. The summed E-state index contributed by atoms with van der Waals surface area (Å²) in [6.45, 7) is 15.8. The second-order valence-corrected chi connectivity index (χ2v) is 13.7. The van der Waals surface area contributed by atoms with E-state index in [4.69, 9.17) is 0 Å². The largest absolute Gasteiger partial charge is 0.784 e. The van der Waals surface area contributed by atoms with Gasteiger partial charge in [0.2, 0.25) is 0 Å². The van der Waals surface area contributed by atoms with E-state index in [1.807, 2.05) is 67.5 Å². The van der Waals surface area contributed by atoms with Gasteiger partial charge in [0, 0.05) is 74.3 Å². The van der Waals surface area contributed by atoms with Crippen molar-refractivity contribution in [1.82, 2.24) is 20.8 Å². The Kier molecular flexibility index (Phi) is 11.4. The molecule has 2 fully saturated rings. The zero-order chi connectivity index (χ0) is 29.9. The molecule has 0 amide bonds. The smallest absolute Gasteiger partial charge is 0.187 e. The molecule has 0 bridgehead atoms. The molecule has 41 heavy (non-hydrogen) atoms. The van der Waals surface area contributed by atoms with Gasteiger partial charge in [-0.25, -0.2) is 0 Å². The monoisotopic (exact) mass is 608 g/mol. The molecule has 4 aliphatic rings.